The summed E-state index contributed by atoms with van der Waals surface area (Å²) in [6, 6.07) is 3.10. The molecule has 1 N–H and O–H groups in total. The van der Waals surface area contributed by atoms with Gasteiger partial charge in [-0.2, -0.15) is 0 Å². The molecule has 2 rings (SSSR count). The van der Waals surface area contributed by atoms with Crippen molar-refractivity contribution in [2.24, 2.45) is 0 Å². The van der Waals surface area contributed by atoms with Gasteiger partial charge in [-0.1, -0.05) is 23.2 Å². The molecule has 0 atom stereocenters. The van der Waals surface area contributed by atoms with Crippen molar-refractivity contribution in [2.75, 3.05) is 19.5 Å². The lowest BCUT2D eigenvalue weighted by atomic mass is 10.2. The number of amides is 1. The van der Waals surface area contributed by atoms with Gasteiger partial charge >= 0.3 is 0 Å². The number of rotatable bonds is 4. The molecule has 0 bridgehead atoms. The van der Waals surface area contributed by atoms with Crippen LogP contribution in [0.5, 0.6) is 11.5 Å². The molecule has 1 amide bonds. The van der Waals surface area contributed by atoms with E-state index in [9.17, 15) is 4.79 Å². The average molecular weight is 328 g/mol. The maximum Gasteiger partial charge on any atom is 0.275 e. The zero-order valence-corrected chi connectivity index (χ0v) is 12.7. The Morgan fingerprint density at radius 3 is 2.38 bits per heavy atom. The number of nitrogens with one attached hydrogen (secondary N) is 1. The maximum absolute atomic E-state index is 12.1. The molecular weight excluding hydrogens is 317 g/mol. The Kier molecular flexibility index (Phi) is 4.82. The first-order valence-electron chi connectivity index (χ1n) is 5.75. The van der Waals surface area contributed by atoms with E-state index in [1.54, 1.807) is 12.1 Å². The zero-order chi connectivity index (χ0) is 15.4. The van der Waals surface area contributed by atoms with E-state index < -0.39 is 5.91 Å². The Hall–Kier alpha value is -2.05. The Morgan fingerprint density at radius 1 is 1.10 bits per heavy atom. The summed E-state index contributed by atoms with van der Waals surface area (Å²) in [5.74, 6) is 0.355. The first-order valence-corrected chi connectivity index (χ1v) is 6.51. The van der Waals surface area contributed by atoms with E-state index in [2.05, 4.69) is 15.3 Å². The largest absolute Gasteiger partial charge is 0.495 e. The van der Waals surface area contributed by atoms with Gasteiger partial charge in [-0.25, -0.2) is 9.97 Å². The SMILES string of the molecule is COc1cc(NC(=O)c2cnc(Cl)cn2)c(OC)cc1Cl. The van der Waals surface area contributed by atoms with Crippen LogP contribution in [0.1, 0.15) is 10.5 Å². The van der Waals surface area contributed by atoms with Gasteiger partial charge in [-0.15, -0.1) is 0 Å². The molecule has 0 radical (unpaired) electrons. The fourth-order valence-electron chi connectivity index (χ4n) is 1.57. The van der Waals surface area contributed by atoms with E-state index in [0.717, 1.165) is 0 Å². The molecule has 1 aromatic heterocycles. The molecule has 8 heteroatoms. The lowest BCUT2D eigenvalue weighted by Crippen LogP contribution is -2.14. The van der Waals surface area contributed by atoms with Crippen LogP contribution >= 0.6 is 23.2 Å². The Morgan fingerprint density at radius 2 is 1.81 bits per heavy atom. The van der Waals surface area contributed by atoms with E-state index in [0.29, 0.717) is 22.2 Å². The molecule has 1 aromatic carbocycles. The van der Waals surface area contributed by atoms with Gasteiger partial charge in [0.25, 0.3) is 5.91 Å². The number of hydrogen-bond donors (Lipinski definition) is 1. The third kappa shape index (κ3) is 3.53. The lowest BCUT2D eigenvalue weighted by Gasteiger charge is -2.12. The summed E-state index contributed by atoms with van der Waals surface area (Å²) in [7, 11) is 2.94. The summed E-state index contributed by atoms with van der Waals surface area (Å²) in [6.45, 7) is 0. The minimum absolute atomic E-state index is 0.121. The molecule has 0 fully saturated rings. The fourth-order valence-corrected chi connectivity index (χ4v) is 1.90. The van der Waals surface area contributed by atoms with Gasteiger partial charge < -0.3 is 14.8 Å². The fraction of sp³-hybridized carbons (Fsp3) is 0.154. The van der Waals surface area contributed by atoms with Crippen molar-refractivity contribution in [3.05, 3.63) is 40.4 Å². The quantitative estimate of drug-likeness (QED) is 0.934. The number of halogens is 2. The number of ether oxygens (including phenoxy) is 2. The summed E-state index contributed by atoms with van der Waals surface area (Å²) in [4.78, 5) is 19.8. The predicted octanol–water partition coefficient (Wildman–Crippen LogP) is 3.05. The van der Waals surface area contributed by atoms with Crippen molar-refractivity contribution < 1.29 is 14.3 Å². The molecule has 0 aliphatic rings. The molecule has 0 saturated heterocycles. The number of nitrogens with zero attached hydrogens (tertiary/aromatic N) is 2. The van der Waals surface area contributed by atoms with Crippen LogP contribution in [0, 0.1) is 0 Å². The van der Waals surface area contributed by atoms with Crippen molar-refractivity contribution in [2.45, 2.75) is 0 Å². The molecule has 0 spiro atoms. The molecule has 0 saturated carbocycles. The third-order valence-electron chi connectivity index (χ3n) is 2.58. The first-order chi connectivity index (χ1) is 10.0. The summed E-state index contributed by atoms with van der Waals surface area (Å²) in [6.07, 6.45) is 2.56. The van der Waals surface area contributed by atoms with Crippen molar-refractivity contribution in [1.82, 2.24) is 9.97 Å². The highest BCUT2D eigenvalue weighted by Gasteiger charge is 2.14. The summed E-state index contributed by atoms with van der Waals surface area (Å²) in [5.41, 5.74) is 0.524. The highest BCUT2D eigenvalue weighted by molar-refractivity contribution is 6.32. The van der Waals surface area contributed by atoms with Gasteiger partial charge in [0.1, 0.15) is 22.3 Å². The number of methoxy groups -OCH3 is 2. The molecule has 21 heavy (non-hydrogen) atoms. The summed E-state index contributed by atoms with van der Waals surface area (Å²) in [5, 5.41) is 3.23. The van der Waals surface area contributed by atoms with Crippen molar-refractivity contribution in [3.63, 3.8) is 0 Å². The predicted molar refractivity (Wildman–Crippen MR) is 79.6 cm³/mol. The maximum atomic E-state index is 12.1. The van der Waals surface area contributed by atoms with E-state index in [4.69, 9.17) is 32.7 Å². The van der Waals surface area contributed by atoms with Crippen molar-refractivity contribution in [1.29, 1.82) is 0 Å². The number of carbonyl (C=O) groups is 1. The minimum Gasteiger partial charge on any atom is -0.495 e. The van der Waals surface area contributed by atoms with Crippen LogP contribution in [0.4, 0.5) is 5.69 Å². The second kappa shape index (κ2) is 6.60. The Labute approximate surface area is 131 Å². The van der Waals surface area contributed by atoms with Crippen molar-refractivity contribution >= 4 is 34.8 Å². The van der Waals surface area contributed by atoms with Crippen LogP contribution in [0.2, 0.25) is 10.2 Å². The van der Waals surface area contributed by atoms with Crippen LogP contribution < -0.4 is 14.8 Å². The van der Waals surface area contributed by atoms with Crippen LogP contribution in [0.15, 0.2) is 24.5 Å². The van der Waals surface area contributed by atoms with E-state index >= 15 is 0 Å². The Bertz CT molecular complexity index is 662. The van der Waals surface area contributed by atoms with Gasteiger partial charge in [0.2, 0.25) is 0 Å². The number of carbonyl (C=O) groups excluding carboxylic acids is 1. The number of anilines is 1. The molecular formula is C13H11Cl2N3O3. The van der Waals surface area contributed by atoms with Crippen LogP contribution in [0.3, 0.4) is 0 Å². The standard InChI is InChI=1S/C13H11Cl2N3O3/c1-20-10-4-8(11(21-2)3-7(10)14)18-13(19)9-5-17-12(15)6-16-9/h3-6H,1-2H3,(H,18,19). The van der Waals surface area contributed by atoms with Crippen LogP contribution in [-0.2, 0) is 0 Å². The van der Waals surface area contributed by atoms with Gasteiger partial charge in [-0.05, 0) is 0 Å². The highest BCUT2D eigenvalue weighted by Crippen LogP contribution is 2.35. The average Bonchev–Trinajstić information content (AvgIpc) is 2.49. The molecule has 1 heterocycles. The molecule has 110 valence electrons. The minimum atomic E-state index is -0.457. The Balaban J connectivity index is 2.29. The molecule has 0 aliphatic heterocycles. The number of benzene rings is 1. The van der Waals surface area contributed by atoms with Gasteiger partial charge in [-0.3, -0.25) is 4.79 Å². The monoisotopic (exact) mass is 327 g/mol. The highest BCUT2D eigenvalue weighted by atomic mass is 35.5. The van der Waals surface area contributed by atoms with E-state index in [1.807, 2.05) is 0 Å². The molecule has 2 aromatic rings. The smallest absolute Gasteiger partial charge is 0.275 e. The third-order valence-corrected chi connectivity index (χ3v) is 3.07. The second-order valence-corrected chi connectivity index (χ2v) is 4.66. The summed E-state index contributed by atoms with van der Waals surface area (Å²) >= 11 is 11.6. The van der Waals surface area contributed by atoms with Crippen molar-refractivity contribution in [3.8, 4) is 11.5 Å². The molecule has 0 unspecified atom stereocenters. The van der Waals surface area contributed by atoms with Crippen LogP contribution in [0.25, 0.3) is 0 Å². The van der Waals surface area contributed by atoms with Gasteiger partial charge in [0.05, 0.1) is 37.3 Å². The number of aromatic nitrogens is 2. The molecule has 6 nitrogen and oxygen atoms in total. The first kappa shape index (κ1) is 15.3. The van der Waals surface area contributed by atoms with E-state index in [-0.39, 0.29) is 10.8 Å². The molecule has 0 aliphatic carbocycles. The summed E-state index contributed by atoms with van der Waals surface area (Å²) < 4.78 is 10.3. The van der Waals surface area contributed by atoms with E-state index in [1.165, 1.54) is 26.6 Å². The van der Waals surface area contributed by atoms with Gasteiger partial charge in [0.15, 0.2) is 0 Å². The zero-order valence-electron chi connectivity index (χ0n) is 11.2. The second-order valence-electron chi connectivity index (χ2n) is 3.87. The number of hydrogen-bond acceptors (Lipinski definition) is 5. The normalized spacial score (nSPS) is 10.1. The topological polar surface area (TPSA) is 73.3 Å². The van der Waals surface area contributed by atoms with Crippen LogP contribution in [-0.4, -0.2) is 30.1 Å². The van der Waals surface area contributed by atoms with Gasteiger partial charge in [0, 0.05) is 12.1 Å². The lowest BCUT2D eigenvalue weighted by molar-refractivity contribution is 0.102.